The molecule has 4 N–H and O–H groups in total. The number of aryl methyl sites for hydroxylation is 1. The van der Waals surface area contributed by atoms with Crippen LogP contribution in [0.15, 0.2) is 18.2 Å². The van der Waals surface area contributed by atoms with Crippen molar-refractivity contribution in [2.75, 3.05) is 12.3 Å². The Morgan fingerprint density at radius 3 is 2.65 bits per heavy atom. The number of aliphatic hydroxyl groups is 1. The molecule has 3 nitrogen and oxygen atoms in total. The van der Waals surface area contributed by atoms with Gasteiger partial charge in [0.2, 0.25) is 0 Å². The standard InChI is InChI=1S/C14H24N2O/c1-4-5-11(3)16-9-14(17)12-6-10(2)7-13(15)8-12/h6-8,11,14,16-17H,4-5,9,15H2,1-3H3. The van der Waals surface area contributed by atoms with Gasteiger partial charge < -0.3 is 16.2 Å². The minimum Gasteiger partial charge on any atom is -0.399 e. The first-order valence-electron chi connectivity index (χ1n) is 6.31. The van der Waals surface area contributed by atoms with Crippen LogP contribution in [0.25, 0.3) is 0 Å². The van der Waals surface area contributed by atoms with Crippen molar-refractivity contribution in [2.24, 2.45) is 0 Å². The fourth-order valence-electron chi connectivity index (χ4n) is 2.00. The Hall–Kier alpha value is -1.06. The first-order valence-corrected chi connectivity index (χ1v) is 6.31. The summed E-state index contributed by atoms with van der Waals surface area (Å²) < 4.78 is 0. The van der Waals surface area contributed by atoms with E-state index >= 15 is 0 Å². The highest BCUT2D eigenvalue weighted by atomic mass is 16.3. The highest BCUT2D eigenvalue weighted by Gasteiger charge is 2.10. The van der Waals surface area contributed by atoms with Crippen molar-refractivity contribution in [1.82, 2.24) is 5.32 Å². The Kier molecular flexibility index (Phi) is 5.45. The van der Waals surface area contributed by atoms with Gasteiger partial charge in [-0.3, -0.25) is 0 Å². The van der Waals surface area contributed by atoms with Crippen molar-refractivity contribution in [2.45, 2.75) is 45.8 Å². The maximum Gasteiger partial charge on any atom is 0.0915 e. The van der Waals surface area contributed by atoms with Gasteiger partial charge in [0.1, 0.15) is 0 Å². The molecule has 0 aliphatic carbocycles. The third kappa shape index (κ3) is 4.75. The summed E-state index contributed by atoms with van der Waals surface area (Å²) >= 11 is 0. The molecular formula is C14H24N2O. The highest BCUT2D eigenvalue weighted by molar-refractivity contribution is 5.45. The molecule has 1 aromatic rings. The van der Waals surface area contributed by atoms with E-state index < -0.39 is 6.10 Å². The molecule has 0 aliphatic heterocycles. The summed E-state index contributed by atoms with van der Waals surface area (Å²) in [6.07, 6.45) is 1.79. The van der Waals surface area contributed by atoms with Gasteiger partial charge in [0.05, 0.1) is 6.10 Å². The summed E-state index contributed by atoms with van der Waals surface area (Å²) in [4.78, 5) is 0. The Morgan fingerprint density at radius 1 is 1.35 bits per heavy atom. The second-order valence-electron chi connectivity index (χ2n) is 4.79. The van der Waals surface area contributed by atoms with Crippen LogP contribution in [0.2, 0.25) is 0 Å². The normalized spacial score (nSPS) is 14.6. The summed E-state index contributed by atoms with van der Waals surface area (Å²) in [5, 5.41) is 13.4. The van der Waals surface area contributed by atoms with Crippen molar-refractivity contribution in [3.8, 4) is 0 Å². The average molecular weight is 236 g/mol. The molecule has 0 saturated carbocycles. The van der Waals surface area contributed by atoms with Crippen molar-refractivity contribution >= 4 is 5.69 Å². The lowest BCUT2D eigenvalue weighted by Crippen LogP contribution is -2.30. The molecule has 0 heterocycles. The summed E-state index contributed by atoms with van der Waals surface area (Å²) in [6, 6.07) is 6.16. The summed E-state index contributed by atoms with van der Waals surface area (Å²) in [5.41, 5.74) is 8.45. The molecule has 17 heavy (non-hydrogen) atoms. The van der Waals surface area contributed by atoms with E-state index in [2.05, 4.69) is 19.2 Å². The SMILES string of the molecule is CCCC(C)NCC(O)c1cc(C)cc(N)c1. The molecule has 2 atom stereocenters. The number of nitrogens with one attached hydrogen (secondary N) is 1. The molecule has 0 spiro atoms. The topological polar surface area (TPSA) is 58.3 Å². The number of nitrogen functional groups attached to an aromatic ring is 1. The van der Waals surface area contributed by atoms with Crippen LogP contribution in [-0.2, 0) is 0 Å². The van der Waals surface area contributed by atoms with Crippen molar-refractivity contribution in [3.63, 3.8) is 0 Å². The van der Waals surface area contributed by atoms with E-state index in [0.29, 0.717) is 18.3 Å². The van der Waals surface area contributed by atoms with Crippen LogP contribution in [0.5, 0.6) is 0 Å². The van der Waals surface area contributed by atoms with Crippen LogP contribution in [-0.4, -0.2) is 17.7 Å². The Bertz CT molecular complexity index is 332. The molecule has 0 fully saturated rings. The van der Waals surface area contributed by atoms with Gasteiger partial charge in [0, 0.05) is 18.3 Å². The monoisotopic (exact) mass is 236 g/mol. The number of hydrogen-bond acceptors (Lipinski definition) is 3. The zero-order valence-corrected chi connectivity index (χ0v) is 11.0. The molecule has 96 valence electrons. The van der Waals surface area contributed by atoms with Crippen LogP contribution in [0, 0.1) is 6.92 Å². The van der Waals surface area contributed by atoms with Gasteiger partial charge in [0.15, 0.2) is 0 Å². The van der Waals surface area contributed by atoms with Crippen molar-refractivity contribution in [1.29, 1.82) is 0 Å². The summed E-state index contributed by atoms with van der Waals surface area (Å²) in [6.45, 7) is 6.86. The third-order valence-corrected chi connectivity index (χ3v) is 2.89. The Balaban J connectivity index is 2.54. The molecule has 0 bridgehead atoms. The van der Waals surface area contributed by atoms with E-state index in [1.807, 2.05) is 25.1 Å². The minimum atomic E-state index is -0.489. The fourth-order valence-corrected chi connectivity index (χ4v) is 2.00. The molecule has 3 heteroatoms. The van der Waals surface area contributed by atoms with Gasteiger partial charge in [-0.2, -0.15) is 0 Å². The maximum atomic E-state index is 10.1. The summed E-state index contributed by atoms with van der Waals surface area (Å²) in [5.74, 6) is 0. The smallest absolute Gasteiger partial charge is 0.0915 e. The van der Waals surface area contributed by atoms with E-state index in [1.54, 1.807) is 0 Å². The van der Waals surface area contributed by atoms with Gasteiger partial charge in [-0.1, -0.05) is 19.4 Å². The van der Waals surface area contributed by atoms with Crippen LogP contribution < -0.4 is 11.1 Å². The first-order chi connectivity index (χ1) is 8.02. The molecule has 1 aromatic carbocycles. The number of benzene rings is 1. The minimum absolute atomic E-state index is 0.441. The van der Waals surface area contributed by atoms with Crippen molar-refractivity contribution in [3.05, 3.63) is 29.3 Å². The fraction of sp³-hybridized carbons (Fsp3) is 0.571. The Morgan fingerprint density at radius 2 is 2.06 bits per heavy atom. The predicted molar refractivity (Wildman–Crippen MR) is 72.9 cm³/mol. The van der Waals surface area contributed by atoms with Gasteiger partial charge in [-0.15, -0.1) is 0 Å². The molecule has 2 unspecified atom stereocenters. The molecule has 0 saturated heterocycles. The number of rotatable bonds is 6. The zero-order chi connectivity index (χ0) is 12.8. The lowest BCUT2D eigenvalue weighted by Gasteiger charge is -2.17. The van der Waals surface area contributed by atoms with Crippen LogP contribution in [0.1, 0.15) is 43.9 Å². The molecule has 1 rings (SSSR count). The molecule has 0 aliphatic rings. The Labute approximate surface area is 104 Å². The molecule has 0 radical (unpaired) electrons. The number of aliphatic hydroxyl groups excluding tert-OH is 1. The average Bonchev–Trinajstić information content (AvgIpc) is 2.25. The molecule has 0 aromatic heterocycles. The van der Waals surface area contributed by atoms with E-state index in [9.17, 15) is 5.11 Å². The number of nitrogens with two attached hydrogens (primary N) is 1. The van der Waals surface area contributed by atoms with E-state index in [4.69, 9.17) is 5.73 Å². The quantitative estimate of drug-likeness (QED) is 0.665. The number of hydrogen-bond donors (Lipinski definition) is 3. The predicted octanol–water partition coefficient (Wildman–Crippen LogP) is 2.39. The number of anilines is 1. The summed E-state index contributed by atoms with van der Waals surface area (Å²) in [7, 11) is 0. The van der Waals surface area contributed by atoms with Gasteiger partial charge in [0.25, 0.3) is 0 Å². The van der Waals surface area contributed by atoms with Crippen molar-refractivity contribution < 1.29 is 5.11 Å². The van der Waals surface area contributed by atoms with Crippen LogP contribution in [0.3, 0.4) is 0 Å². The lowest BCUT2D eigenvalue weighted by atomic mass is 10.0. The zero-order valence-electron chi connectivity index (χ0n) is 11.0. The van der Waals surface area contributed by atoms with E-state index in [0.717, 1.165) is 24.0 Å². The highest BCUT2D eigenvalue weighted by Crippen LogP contribution is 2.18. The first kappa shape index (κ1) is 14.0. The third-order valence-electron chi connectivity index (χ3n) is 2.89. The lowest BCUT2D eigenvalue weighted by molar-refractivity contribution is 0.170. The van der Waals surface area contributed by atoms with Crippen LogP contribution >= 0.6 is 0 Å². The maximum absolute atomic E-state index is 10.1. The van der Waals surface area contributed by atoms with E-state index in [1.165, 1.54) is 0 Å². The largest absolute Gasteiger partial charge is 0.399 e. The van der Waals surface area contributed by atoms with Gasteiger partial charge in [-0.05, 0) is 43.5 Å². The molecule has 0 amide bonds. The van der Waals surface area contributed by atoms with E-state index in [-0.39, 0.29) is 0 Å². The van der Waals surface area contributed by atoms with Gasteiger partial charge in [-0.25, -0.2) is 0 Å². The second-order valence-corrected chi connectivity index (χ2v) is 4.79. The second kappa shape index (κ2) is 6.62. The van der Waals surface area contributed by atoms with Gasteiger partial charge >= 0.3 is 0 Å². The molecular weight excluding hydrogens is 212 g/mol. The van der Waals surface area contributed by atoms with Crippen LogP contribution in [0.4, 0.5) is 5.69 Å².